The molecule has 0 amide bonds. The van der Waals surface area contributed by atoms with Crippen molar-refractivity contribution in [2.45, 2.75) is 0 Å². The van der Waals surface area contributed by atoms with Gasteiger partial charge in [-0.15, -0.1) is 0 Å². The Morgan fingerprint density at radius 3 is 2.33 bits per heavy atom. The number of carboxylic acid groups (broad SMARTS) is 1. The summed E-state index contributed by atoms with van der Waals surface area (Å²) >= 11 is 0. The summed E-state index contributed by atoms with van der Waals surface area (Å²) < 4.78 is 0. The van der Waals surface area contributed by atoms with Crippen LogP contribution in [0.4, 0.5) is 0 Å². The van der Waals surface area contributed by atoms with Gasteiger partial charge >= 0.3 is 5.97 Å². The van der Waals surface area contributed by atoms with Gasteiger partial charge in [-0.05, 0) is 35.9 Å². The first-order valence-corrected chi connectivity index (χ1v) is 8.54. The van der Waals surface area contributed by atoms with E-state index in [0.29, 0.717) is 11.3 Å². The molecule has 2 heterocycles. The average Bonchev–Trinajstić information content (AvgIpc) is 2.72. The molecule has 0 aliphatic rings. The number of aromatic carboxylic acids is 1. The van der Waals surface area contributed by atoms with Crippen LogP contribution in [0.2, 0.25) is 0 Å². The van der Waals surface area contributed by atoms with Crippen molar-refractivity contribution in [2.24, 2.45) is 0 Å². The molecule has 0 saturated carbocycles. The van der Waals surface area contributed by atoms with E-state index in [0.717, 1.165) is 22.2 Å². The van der Waals surface area contributed by atoms with Crippen LogP contribution in [0, 0.1) is 0 Å². The van der Waals surface area contributed by atoms with E-state index >= 15 is 0 Å². The first-order chi connectivity index (χ1) is 13.2. The number of carbonyl (C=O) groups is 1. The molecule has 4 nitrogen and oxygen atoms in total. The van der Waals surface area contributed by atoms with Crippen molar-refractivity contribution in [3.8, 4) is 11.1 Å². The van der Waals surface area contributed by atoms with E-state index in [1.807, 2.05) is 72.8 Å². The second-order valence-electron chi connectivity index (χ2n) is 6.02. The molecule has 0 fully saturated rings. The van der Waals surface area contributed by atoms with Gasteiger partial charge in [0.05, 0.1) is 22.5 Å². The van der Waals surface area contributed by atoms with Gasteiger partial charge < -0.3 is 5.11 Å². The number of nitrogens with zero attached hydrogens (tertiary/aromatic N) is 2. The lowest BCUT2D eigenvalue weighted by molar-refractivity contribution is 0.0697. The van der Waals surface area contributed by atoms with Crippen LogP contribution < -0.4 is 0 Å². The lowest BCUT2D eigenvalue weighted by Crippen LogP contribution is -2.06. The predicted molar refractivity (Wildman–Crippen MR) is 107 cm³/mol. The third-order valence-electron chi connectivity index (χ3n) is 4.30. The smallest absolute Gasteiger partial charge is 0.338 e. The van der Waals surface area contributed by atoms with Crippen LogP contribution in [0.25, 0.3) is 34.2 Å². The highest BCUT2D eigenvalue weighted by atomic mass is 16.4. The van der Waals surface area contributed by atoms with E-state index < -0.39 is 5.97 Å². The summed E-state index contributed by atoms with van der Waals surface area (Å²) in [5.74, 6) is -1.01. The van der Waals surface area contributed by atoms with Gasteiger partial charge in [0.1, 0.15) is 0 Å². The summed E-state index contributed by atoms with van der Waals surface area (Å²) in [4.78, 5) is 21.0. The first kappa shape index (κ1) is 16.7. The van der Waals surface area contributed by atoms with Crippen LogP contribution in [-0.4, -0.2) is 21.0 Å². The molecule has 2 aromatic carbocycles. The van der Waals surface area contributed by atoms with Crippen molar-refractivity contribution in [1.29, 1.82) is 0 Å². The Bertz CT molecular complexity index is 1140. The van der Waals surface area contributed by atoms with E-state index in [1.54, 1.807) is 18.3 Å². The summed E-state index contributed by atoms with van der Waals surface area (Å²) in [6, 6.07) is 22.7. The van der Waals surface area contributed by atoms with E-state index in [4.69, 9.17) is 0 Å². The minimum Gasteiger partial charge on any atom is -0.478 e. The molecule has 0 unspecified atom stereocenters. The second kappa shape index (κ2) is 7.22. The molecule has 130 valence electrons. The van der Waals surface area contributed by atoms with Gasteiger partial charge in [0.15, 0.2) is 0 Å². The number of pyridine rings is 2. The van der Waals surface area contributed by atoms with Crippen LogP contribution in [0.1, 0.15) is 21.7 Å². The highest BCUT2D eigenvalue weighted by Crippen LogP contribution is 2.33. The molecule has 4 aromatic rings. The van der Waals surface area contributed by atoms with E-state index in [9.17, 15) is 9.90 Å². The van der Waals surface area contributed by atoms with Crippen molar-refractivity contribution in [1.82, 2.24) is 9.97 Å². The van der Waals surface area contributed by atoms with E-state index in [1.165, 1.54) is 0 Å². The Morgan fingerprint density at radius 2 is 1.59 bits per heavy atom. The fourth-order valence-electron chi connectivity index (χ4n) is 3.11. The van der Waals surface area contributed by atoms with Gasteiger partial charge in [-0.3, -0.25) is 4.98 Å². The maximum Gasteiger partial charge on any atom is 0.338 e. The van der Waals surface area contributed by atoms with Crippen molar-refractivity contribution >= 4 is 29.0 Å². The monoisotopic (exact) mass is 352 g/mol. The Hall–Kier alpha value is -3.79. The lowest BCUT2D eigenvalue weighted by atomic mass is 9.94. The zero-order valence-corrected chi connectivity index (χ0v) is 14.4. The first-order valence-electron chi connectivity index (χ1n) is 8.54. The average molecular weight is 352 g/mol. The van der Waals surface area contributed by atoms with Crippen molar-refractivity contribution in [3.63, 3.8) is 0 Å². The van der Waals surface area contributed by atoms with E-state index in [-0.39, 0.29) is 5.56 Å². The molecule has 0 spiro atoms. The van der Waals surface area contributed by atoms with Crippen LogP contribution in [0.15, 0.2) is 79.0 Å². The van der Waals surface area contributed by atoms with Crippen LogP contribution >= 0.6 is 0 Å². The largest absolute Gasteiger partial charge is 0.478 e. The van der Waals surface area contributed by atoms with Crippen molar-refractivity contribution < 1.29 is 9.90 Å². The van der Waals surface area contributed by atoms with Crippen molar-refractivity contribution in [2.75, 3.05) is 0 Å². The number of aromatic nitrogens is 2. The molecular weight excluding hydrogens is 336 g/mol. The molecule has 0 saturated heterocycles. The molecule has 0 atom stereocenters. The number of carboxylic acids is 1. The fraction of sp³-hybridized carbons (Fsp3) is 0. The molecule has 1 N–H and O–H groups in total. The van der Waals surface area contributed by atoms with Crippen molar-refractivity contribution in [3.05, 3.63) is 95.9 Å². The van der Waals surface area contributed by atoms with Crippen LogP contribution in [0.3, 0.4) is 0 Å². The Labute approximate surface area is 156 Å². The van der Waals surface area contributed by atoms with Gasteiger partial charge in [0.25, 0.3) is 0 Å². The van der Waals surface area contributed by atoms with Gasteiger partial charge in [-0.2, -0.15) is 0 Å². The summed E-state index contributed by atoms with van der Waals surface area (Å²) in [5.41, 5.74) is 3.61. The molecule has 4 heteroatoms. The maximum atomic E-state index is 12.2. The summed E-state index contributed by atoms with van der Waals surface area (Å²) in [6.45, 7) is 0. The number of hydrogen-bond donors (Lipinski definition) is 1. The topological polar surface area (TPSA) is 63.1 Å². The minimum absolute atomic E-state index is 0.187. The number of fused-ring (bicyclic) bond motifs is 1. The Kier molecular flexibility index (Phi) is 4.45. The predicted octanol–water partition coefficient (Wildman–Crippen LogP) is 5.17. The summed E-state index contributed by atoms with van der Waals surface area (Å²) in [7, 11) is 0. The van der Waals surface area contributed by atoms with Gasteiger partial charge in [0.2, 0.25) is 0 Å². The second-order valence-corrected chi connectivity index (χ2v) is 6.02. The molecule has 0 radical (unpaired) electrons. The molecule has 4 rings (SSSR count). The Morgan fingerprint density at radius 1 is 0.852 bits per heavy atom. The third kappa shape index (κ3) is 3.33. The number of benzene rings is 2. The molecular formula is C23H16N2O2. The highest BCUT2D eigenvalue weighted by molar-refractivity contribution is 6.09. The highest BCUT2D eigenvalue weighted by Gasteiger charge is 2.20. The zero-order valence-electron chi connectivity index (χ0n) is 14.4. The van der Waals surface area contributed by atoms with Gasteiger partial charge in [-0.25, -0.2) is 9.78 Å². The molecule has 0 bridgehead atoms. The maximum absolute atomic E-state index is 12.2. The quantitative estimate of drug-likeness (QED) is 0.551. The zero-order chi connectivity index (χ0) is 18.6. The van der Waals surface area contributed by atoms with Crippen LogP contribution in [0.5, 0.6) is 0 Å². The number of rotatable bonds is 4. The third-order valence-corrected chi connectivity index (χ3v) is 4.30. The normalized spacial score (nSPS) is 11.1. The summed E-state index contributed by atoms with van der Waals surface area (Å²) in [6.07, 6.45) is 5.18. The standard InChI is InChI=1S/C23H16N2O2/c26-23(27)22-20(14-13-17-10-6-7-15-24-17)25-19-12-5-4-11-18(19)21(22)16-8-2-1-3-9-16/h1-15H,(H,26,27). The van der Waals surface area contributed by atoms with Gasteiger partial charge in [-0.1, -0.05) is 54.6 Å². The summed E-state index contributed by atoms with van der Waals surface area (Å²) in [5, 5.41) is 10.8. The van der Waals surface area contributed by atoms with Gasteiger partial charge in [0, 0.05) is 17.1 Å². The minimum atomic E-state index is -1.01. The lowest BCUT2D eigenvalue weighted by Gasteiger charge is -2.13. The van der Waals surface area contributed by atoms with E-state index in [2.05, 4.69) is 9.97 Å². The Balaban J connectivity index is 2.00. The number of para-hydroxylation sites is 1. The molecule has 0 aliphatic carbocycles. The molecule has 27 heavy (non-hydrogen) atoms. The van der Waals surface area contributed by atoms with Crippen LogP contribution in [-0.2, 0) is 0 Å². The molecule has 0 aliphatic heterocycles. The molecule has 2 aromatic heterocycles. The number of hydrogen-bond acceptors (Lipinski definition) is 3. The SMILES string of the molecule is O=C(O)c1c(C=Cc2ccccn2)nc2ccccc2c1-c1ccccc1. The fourth-order valence-corrected chi connectivity index (χ4v) is 3.11.